The van der Waals surface area contributed by atoms with E-state index in [1.807, 2.05) is 0 Å². The van der Waals surface area contributed by atoms with Crippen LogP contribution in [-0.4, -0.2) is 5.78 Å². The van der Waals surface area contributed by atoms with Gasteiger partial charge in [-0.2, -0.15) is 0 Å². The highest BCUT2D eigenvalue weighted by molar-refractivity contribution is 6.17. The summed E-state index contributed by atoms with van der Waals surface area (Å²) in [6, 6.07) is 8.47. The monoisotopic (exact) mass is 222 g/mol. The molecule has 0 aromatic heterocycles. The largest absolute Gasteiger partial charge is 0.300 e. The van der Waals surface area contributed by atoms with Crippen LogP contribution < -0.4 is 0 Å². The van der Waals surface area contributed by atoms with Crippen LogP contribution in [0.15, 0.2) is 24.3 Å². The summed E-state index contributed by atoms with van der Waals surface area (Å²) in [6.07, 6.45) is 3.53. The van der Waals surface area contributed by atoms with Crippen molar-refractivity contribution in [2.45, 2.75) is 37.5 Å². The fourth-order valence-corrected chi connectivity index (χ4v) is 2.33. The average molecular weight is 223 g/mol. The van der Waals surface area contributed by atoms with Gasteiger partial charge in [0.15, 0.2) is 0 Å². The molecular weight excluding hydrogens is 208 g/mol. The van der Waals surface area contributed by atoms with Gasteiger partial charge in [0.25, 0.3) is 0 Å². The molecule has 0 atom stereocenters. The zero-order valence-electron chi connectivity index (χ0n) is 8.71. The van der Waals surface area contributed by atoms with Crippen LogP contribution in [0, 0.1) is 0 Å². The van der Waals surface area contributed by atoms with Crippen molar-refractivity contribution in [1.82, 2.24) is 0 Å². The highest BCUT2D eigenvalue weighted by Gasteiger charge is 2.19. The molecule has 0 heterocycles. The van der Waals surface area contributed by atoms with Crippen molar-refractivity contribution in [1.29, 1.82) is 0 Å². The zero-order valence-corrected chi connectivity index (χ0v) is 9.46. The number of ketones is 1. The summed E-state index contributed by atoms with van der Waals surface area (Å²) in [6.45, 7) is 0. The van der Waals surface area contributed by atoms with Gasteiger partial charge in [0, 0.05) is 18.7 Å². The van der Waals surface area contributed by atoms with E-state index in [1.54, 1.807) is 0 Å². The first-order valence-corrected chi connectivity index (χ1v) is 5.99. The van der Waals surface area contributed by atoms with Crippen LogP contribution >= 0.6 is 11.6 Å². The van der Waals surface area contributed by atoms with Crippen molar-refractivity contribution >= 4 is 17.4 Å². The summed E-state index contributed by atoms with van der Waals surface area (Å²) in [5, 5.41) is 0. The van der Waals surface area contributed by atoms with E-state index in [4.69, 9.17) is 11.6 Å². The summed E-state index contributed by atoms with van der Waals surface area (Å²) < 4.78 is 0. The van der Waals surface area contributed by atoms with Crippen molar-refractivity contribution in [2.75, 3.05) is 0 Å². The molecule has 0 spiro atoms. The highest BCUT2D eigenvalue weighted by atomic mass is 35.5. The standard InChI is InChI=1S/C13H15ClO/c14-9-10-1-3-11(4-2-10)12-5-7-13(15)8-6-12/h1-4,12H,5-9H2. The van der Waals surface area contributed by atoms with E-state index in [0.717, 1.165) is 31.2 Å². The molecule has 0 aliphatic heterocycles. The number of alkyl halides is 1. The number of halogens is 1. The molecule has 1 aliphatic rings. The van der Waals surface area contributed by atoms with Gasteiger partial charge < -0.3 is 0 Å². The Morgan fingerprint density at radius 3 is 2.27 bits per heavy atom. The van der Waals surface area contributed by atoms with Crippen molar-refractivity contribution in [3.63, 3.8) is 0 Å². The Morgan fingerprint density at radius 1 is 1.13 bits per heavy atom. The molecule has 1 aromatic rings. The lowest BCUT2D eigenvalue weighted by molar-refractivity contribution is -0.120. The Kier molecular flexibility index (Phi) is 3.42. The molecule has 1 aromatic carbocycles. The SMILES string of the molecule is O=C1CCC(c2ccc(CCl)cc2)CC1. The second-order valence-corrected chi connectivity index (χ2v) is 4.46. The molecule has 0 N–H and O–H groups in total. The summed E-state index contributed by atoms with van der Waals surface area (Å²) in [7, 11) is 0. The predicted molar refractivity (Wildman–Crippen MR) is 62.2 cm³/mol. The van der Waals surface area contributed by atoms with Gasteiger partial charge in [-0.15, -0.1) is 11.6 Å². The third kappa shape index (κ3) is 2.60. The molecular formula is C13H15ClO. The first-order valence-electron chi connectivity index (χ1n) is 5.46. The van der Waals surface area contributed by atoms with Crippen LogP contribution in [0.4, 0.5) is 0 Å². The van der Waals surface area contributed by atoms with Gasteiger partial charge in [-0.1, -0.05) is 24.3 Å². The minimum atomic E-state index is 0.420. The van der Waals surface area contributed by atoms with Gasteiger partial charge in [-0.25, -0.2) is 0 Å². The molecule has 1 aliphatic carbocycles. The minimum absolute atomic E-state index is 0.420. The van der Waals surface area contributed by atoms with Crippen LogP contribution in [-0.2, 0) is 10.7 Å². The van der Waals surface area contributed by atoms with Gasteiger partial charge in [-0.3, -0.25) is 4.79 Å². The van der Waals surface area contributed by atoms with Crippen LogP contribution in [0.2, 0.25) is 0 Å². The fraction of sp³-hybridized carbons (Fsp3) is 0.462. The minimum Gasteiger partial charge on any atom is -0.300 e. The molecule has 1 fully saturated rings. The fourth-order valence-electron chi connectivity index (χ4n) is 2.15. The van der Waals surface area contributed by atoms with Gasteiger partial charge >= 0.3 is 0 Å². The lowest BCUT2D eigenvalue weighted by Crippen LogP contribution is -2.12. The number of Topliss-reactive ketones (excluding diaryl/α,β-unsaturated/α-hetero) is 1. The second-order valence-electron chi connectivity index (χ2n) is 4.19. The summed E-state index contributed by atoms with van der Waals surface area (Å²) >= 11 is 5.74. The van der Waals surface area contributed by atoms with Gasteiger partial charge in [0.1, 0.15) is 5.78 Å². The quantitative estimate of drug-likeness (QED) is 0.699. The Bertz CT molecular complexity index is 332. The summed E-state index contributed by atoms with van der Waals surface area (Å²) in [5.74, 6) is 1.57. The van der Waals surface area contributed by atoms with Gasteiger partial charge in [0.05, 0.1) is 0 Å². The molecule has 1 saturated carbocycles. The van der Waals surface area contributed by atoms with E-state index in [2.05, 4.69) is 24.3 Å². The number of carbonyl (C=O) groups is 1. The topological polar surface area (TPSA) is 17.1 Å². The summed E-state index contributed by atoms with van der Waals surface area (Å²) in [5.41, 5.74) is 2.52. The predicted octanol–water partition coefficient (Wildman–Crippen LogP) is 3.65. The number of benzene rings is 1. The number of rotatable bonds is 2. The van der Waals surface area contributed by atoms with Crippen LogP contribution in [0.1, 0.15) is 42.7 Å². The number of carbonyl (C=O) groups excluding carboxylic acids is 1. The van der Waals surface area contributed by atoms with Crippen molar-refractivity contribution in [3.05, 3.63) is 35.4 Å². The molecule has 2 heteroatoms. The number of hydrogen-bond donors (Lipinski definition) is 0. The van der Waals surface area contributed by atoms with Gasteiger partial charge in [0.2, 0.25) is 0 Å². The number of hydrogen-bond acceptors (Lipinski definition) is 1. The normalized spacial score (nSPS) is 18.1. The second kappa shape index (κ2) is 4.80. The Hall–Kier alpha value is -0.820. The summed E-state index contributed by atoms with van der Waals surface area (Å²) in [4.78, 5) is 11.1. The van der Waals surface area contributed by atoms with E-state index in [9.17, 15) is 4.79 Å². The molecule has 80 valence electrons. The first kappa shape index (κ1) is 10.7. The van der Waals surface area contributed by atoms with E-state index < -0.39 is 0 Å². The molecule has 0 amide bonds. The zero-order chi connectivity index (χ0) is 10.7. The molecule has 0 radical (unpaired) electrons. The third-order valence-corrected chi connectivity index (χ3v) is 3.46. The van der Waals surface area contributed by atoms with Crippen molar-refractivity contribution < 1.29 is 4.79 Å². The maximum atomic E-state index is 11.1. The van der Waals surface area contributed by atoms with E-state index in [-0.39, 0.29) is 0 Å². The average Bonchev–Trinajstić information content (AvgIpc) is 2.30. The van der Waals surface area contributed by atoms with Crippen LogP contribution in [0.3, 0.4) is 0 Å². The molecule has 0 saturated heterocycles. The first-order chi connectivity index (χ1) is 7.29. The van der Waals surface area contributed by atoms with Crippen LogP contribution in [0.25, 0.3) is 0 Å². The Morgan fingerprint density at radius 2 is 1.73 bits per heavy atom. The smallest absolute Gasteiger partial charge is 0.132 e. The maximum absolute atomic E-state index is 11.1. The molecule has 15 heavy (non-hydrogen) atoms. The Labute approximate surface area is 95.4 Å². The van der Waals surface area contributed by atoms with E-state index in [0.29, 0.717) is 17.6 Å². The van der Waals surface area contributed by atoms with Gasteiger partial charge in [-0.05, 0) is 29.9 Å². The lowest BCUT2D eigenvalue weighted by Gasteiger charge is -2.21. The van der Waals surface area contributed by atoms with Crippen LogP contribution in [0.5, 0.6) is 0 Å². The molecule has 0 unspecified atom stereocenters. The van der Waals surface area contributed by atoms with E-state index in [1.165, 1.54) is 5.56 Å². The van der Waals surface area contributed by atoms with E-state index >= 15 is 0 Å². The maximum Gasteiger partial charge on any atom is 0.132 e. The van der Waals surface area contributed by atoms with Crippen molar-refractivity contribution in [2.24, 2.45) is 0 Å². The lowest BCUT2D eigenvalue weighted by atomic mass is 9.83. The third-order valence-electron chi connectivity index (χ3n) is 3.15. The highest BCUT2D eigenvalue weighted by Crippen LogP contribution is 2.31. The molecule has 2 rings (SSSR count). The molecule has 1 nitrogen and oxygen atoms in total. The van der Waals surface area contributed by atoms with Crippen molar-refractivity contribution in [3.8, 4) is 0 Å². The Balaban J connectivity index is 2.06. The molecule has 0 bridgehead atoms.